The van der Waals surface area contributed by atoms with Crippen molar-refractivity contribution in [3.05, 3.63) is 33.9 Å². The topological polar surface area (TPSA) is 76.9 Å². The molecule has 1 N–H and O–H groups in total. The molecule has 0 amide bonds. The maximum absolute atomic E-state index is 12.1. The van der Waals surface area contributed by atoms with Crippen molar-refractivity contribution in [2.75, 3.05) is 4.72 Å². The first kappa shape index (κ1) is 13.3. The lowest BCUT2D eigenvalue weighted by Gasteiger charge is -2.07. The van der Waals surface area contributed by atoms with Crippen molar-refractivity contribution in [2.45, 2.75) is 5.03 Å². The van der Waals surface area contributed by atoms with Gasteiger partial charge in [-0.05, 0) is 40.2 Å². The Morgan fingerprint density at radius 1 is 1.33 bits per heavy atom. The highest BCUT2D eigenvalue weighted by Crippen LogP contribution is 2.22. The summed E-state index contributed by atoms with van der Waals surface area (Å²) in [5.74, 6) is 0. The van der Waals surface area contributed by atoms with Gasteiger partial charge in [-0.15, -0.1) is 5.10 Å². The molecule has 0 aliphatic carbocycles. The molecule has 0 aliphatic heterocycles. The van der Waals surface area contributed by atoms with E-state index in [9.17, 15) is 8.42 Å². The van der Waals surface area contributed by atoms with Crippen LogP contribution in [0.2, 0.25) is 5.02 Å². The van der Waals surface area contributed by atoms with Crippen molar-refractivity contribution >= 4 is 43.2 Å². The van der Waals surface area contributed by atoms with Gasteiger partial charge in [0.05, 0.1) is 0 Å². The normalized spacial score (nSPS) is 11.5. The molecule has 2 rings (SSSR count). The lowest BCUT2D eigenvalue weighted by molar-refractivity contribution is 0.578. The second-order valence-electron chi connectivity index (χ2n) is 3.42. The average molecular weight is 352 g/mol. The molecule has 0 unspecified atom stereocenters. The molecule has 0 radical (unpaired) electrons. The molecule has 0 spiro atoms. The van der Waals surface area contributed by atoms with Crippen molar-refractivity contribution in [2.24, 2.45) is 7.05 Å². The monoisotopic (exact) mass is 350 g/mol. The van der Waals surface area contributed by atoms with Gasteiger partial charge in [-0.2, -0.15) is 8.42 Å². The molecule has 1 aromatic carbocycles. The molecular weight excluding hydrogens is 344 g/mol. The van der Waals surface area contributed by atoms with Gasteiger partial charge < -0.3 is 0 Å². The van der Waals surface area contributed by atoms with Gasteiger partial charge in [-0.3, -0.25) is 4.72 Å². The lowest BCUT2D eigenvalue weighted by Crippen LogP contribution is -2.17. The van der Waals surface area contributed by atoms with E-state index in [1.165, 1.54) is 11.7 Å². The van der Waals surface area contributed by atoms with E-state index in [4.69, 9.17) is 11.6 Å². The van der Waals surface area contributed by atoms with E-state index >= 15 is 0 Å². The zero-order chi connectivity index (χ0) is 13.3. The molecule has 0 saturated carbocycles. The minimum Gasteiger partial charge on any atom is -0.278 e. The van der Waals surface area contributed by atoms with Gasteiger partial charge in [-0.1, -0.05) is 16.8 Å². The van der Waals surface area contributed by atoms with Gasteiger partial charge >= 0.3 is 0 Å². The van der Waals surface area contributed by atoms with E-state index < -0.39 is 10.0 Å². The summed E-state index contributed by atoms with van der Waals surface area (Å²) in [5.41, 5.74) is 0.410. The number of rotatable bonds is 3. The van der Waals surface area contributed by atoms with E-state index in [1.807, 2.05) is 0 Å². The second-order valence-corrected chi connectivity index (χ2v) is 6.21. The summed E-state index contributed by atoms with van der Waals surface area (Å²) in [6, 6.07) is 6.32. The van der Waals surface area contributed by atoms with Crippen LogP contribution >= 0.6 is 27.5 Å². The van der Waals surface area contributed by atoms with Crippen LogP contribution in [0.3, 0.4) is 0 Å². The number of nitrogens with one attached hydrogen (secondary N) is 1. The van der Waals surface area contributed by atoms with E-state index in [-0.39, 0.29) is 9.63 Å². The Balaban J connectivity index is 2.36. The second kappa shape index (κ2) is 4.87. The predicted molar refractivity (Wildman–Crippen MR) is 71.0 cm³/mol. The van der Waals surface area contributed by atoms with Gasteiger partial charge in [0.25, 0.3) is 10.0 Å². The van der Waals surface area contributed by atoms with Crippen LogP contribution in [0.15, 0.2) is 33.9 Å². The van der Waals surface area contributed by atoms with Crippen molar-refractivity contribution in [3.8, 4) is 0 Å². The number of aryl methyl sites for hydroxylation is 1. The summed E-state index contributed by atoms with van der Waals surface area (Å²) >= 11 is 8.77. The standard InChI is InChI=1S/C9H8BrClN4O2S/c1-15-9(8(10)12-14-15)18(16,17)13-7-4-2-6(11)3-5-7/h2-5,13H,1H3. The number of aromatic nitrogens is 3. The van der Waals surface area contributed by atoms with Gasteiger partial charge in [0, 0.05) is 17.8 Å². The zero-order valence-electron chi connectivity index (χ0n) is 9.13. The van der Waals surface area contributed by atoms with Crippen molar-refractivity contribution in [3.63, 3.8) is 0 Å². The van der Waals surface area contributed by atoms with Crippen LogP contribution in [0.25, 0.3) is 0 Å². The molecule has 0 saturated heterocycles. The number of benzene rings is 1. The molecule has 1 heterocycles. The number of anilines is 1. The SMILES string of the molecule is Cn1nnc(Br)c1S(=O)(=O)Nc1ccc(Cl)cc1. The summed E-state index contributed by atoms with van der Waals surface area (Å²) in [5, 5.41) is 7.73. The molecule has 0 aliphatic rings. The van der Waals surface area contributed by atoms with Crippen LogP contribution in [-0.4, -0.2) is 23.4 Å². The van der Waals surface area contributed by atoms with Gasteiger partial charge in [-0.25, -0.2) is 4.68 Å². The Labute approximate surface area is 117 Å². The Kier molecular flexibility index (Phi) is 3.60. The fourth-order valence-electron chi connectivity index (χ4n) is 1.33. The maximum atomic E-state index is 12.1. The Bertz CT molecular complexity index is 649. The van der Waals surface area contributed by atoms with Gasteiger partial charge in [0.2, 0.25) is 5.03 Å². The quantitative estimate of drug-likeness (QED) is 0.918. The van der Waals surface area contributed by atoms with Crippen molar-refractivity contribution < 1.29 is 8.42 Å². The molecule has 1 aromatic heterocycles. The van der Waals surface area contributed by atoms with Crippen LogP contribution in [0.1, 0.15) is 0 Å². The summed E-state index contributed by atoms with van der Waals surface area (Å²) in [7, 11) is -2.25. The smallest absolute Gasteiger partial charge is 0.278 e. The highest BCUT2D eigenvalue weighted by molar-refractivity contribution is 9.10. The summed E-state index contributed by atoms with van der Waals surface area (Å²) < 4.78 is 28.0. The molecule has 0 atom stereocenters. The van der Waals surface area contributed by atoms with Crippen LogP contribution in [0.4, 0.5) is 5.69 Å². The minimum atomic E-state index is -3.75. The van der Waals surface area contributed by atoms with Crippen LogP contribution in [-0.2, 0) is 17.1 Å². The number of sulfonamides is 1. The summed E-state index contributed by atoms with van der Waals surface area (Å²) in [6.45, 7) is 0. The van der Waals surface area contributed by atoms with E-state index in [0.29, 0.717) is 10.7 Å². The highest BCUT2D eigenvalue weighted by Gasteiger charge is 2.23. The zero-order valence-corrected chi connectivity index (χ0v) is 12.3. The first-order chi connectivity index (χ1) is 8.40. The lowest BCUT2D eigenvalue weighted by atomic mass is 10.3. The fourth-order valence-corrected chi connectivity index (χ4v) is 3.61. The number of hydrogen-bond acceptors (Lipinski definition) is 4. The van der Waals surface area contributed by atoms with Crippen LogP contribution in [0, 0.1) is 0 Å². The van der Waals surface area contributed by atoms with Gasteiger partial charge in [0.15, 0.2) is 4.60 Å². The van der Waals surface area contributed by atoms with Crippen molar-refractivity contribution in [1.82, 2.24) is 15.0 Å². The predicted octanol–water partition coefficient (Wildman–Crippen LogP) is 2.03. The Hall–Kier alpha value is -1.12. The molecule has 0 fully saturated rings. The average Bonchev–Trinajstić information content (AvgIpc) is 2.62. The third-order valence-corrected chi connectivity index (χ3v) is 4.61. The first-order valence-electron chi connectivity index (χ1n) is 4.74. The van der Waals surface area contributed by atoms with Gasteiger partial charge in [0.1, 0.15) is 0 Å². The highest BCUT2D eigenvalue weighted by atomic mass is 79.9. The van der Waals surface area contributed by atoms with Crippen molar-refractivity contribution in [1.29, 1.82) is 0 Å². The fraction of sp³-hybridized carbons (Fsp3) is 0.111. The molecule has 2 aromatic rings. The first-order valence-corrected chi connectivity index (χ1v) is 7.39. The summed E-state index contributed by atoms with van der Waals surface area (Å²) in [4.78, 5) is 0. The largest absolute Gasteiger partial charge is 0.281 e. The third kappa shape index (κ3) is 2.65. The van der Waals surface area contributed by atoms with Crippen LogP contribution in [0.5, 0.6) is 0 Å². The number of hydrogen-bond donors (Lipinski definition) is 1. The minimum absolute atomic E-state index is 0.0440. The third-order valence-electron chi connectivity index (χ3n) is 2.09. The molecule has 96 valence electrons. The maximum Gasteiger partial charge on any atom is 0.281 e. The van der Waals surface area contributed by atoms with Crippen LogP contribution < -0.4 is 4.72 Å². The molecule has 6 nitrogen and oxygen atoms in total. The Morgan fingerprint density at radius 3 is 2.44 bits per heavy atom. The molecule has 9 heteroatoms. The number of halogens is 2. The van der Waals surface area contributed by atoms with E-state index in [2.05, 4.69) is 31.0 Å². The molecule has 18 heavy (non-hydrogen) atoms. The Morgan fingerprint density at radius 2 is 1.94 bits per heavy atom. The number of nitrogens with zero attached hydrogens (tertiary/aromatic N) is 3. The molecule has 0 bridgehead atoms. The van der Waals surface area contributed by atoms with E-state index in [1.54, 1.807) is 24.3 Å². The summed E-state index contributed by atoms with van der Waals surface area (Å²) in [6.07, 6.45) is 0. The van der Waals surface area contributed by atoms with E-state index in [0.717, 1.165) is 0 Å². The molecular formula is C9H8BrClN4O2S.